The minimum Gasteiger partial charge on any atom is -0.466 e. The lowest BCUT2D eigenvalue weighted by atomic mass is 10.1. The summed E-state index contributed by atoms with van der Waals surface area (Å²) in [7, 11) is 0. The second-order valence-electron chi connectivity index (χ2n) is 5.49. The van der Waals surface area contributed by atoms with E-state index in [1.807, 2.05) is 0 Å². The van der Waals surface area contributed by atoms with E-state index in [-0.39, 0.29) is 5.97 Å². The summed E-state index contributed by atoms with van der Waals surface area (Å²) >= 11 is 0. The van der Waals surface area contributed by atoms with Crippen molar-refractivity contribution in [2.24, 2.45) is 0 Å². The SMILES string of the molecule is CCCC/C=C\CCC(=O)OCCCCCCCCC. The molecule has 0 saturated carbocycles. The third kappa shape index (κ3) is 15.3. The van der Waals surface area contributed by atoms with E-state index < -0.39 is 0 Å². The van der Waals surface area contributed by atoms with Crippen LogP contribution in [0.5, 0.6) is 0 Å². The molecule has 0 aliphatic carbocycles. The molecule has 20 heavy (non-hydrogen) atoms. The summed E-state index contributed by atoms with van der Waals surface area (Å²) in [6.07, 6.45) is 18.0. The lowest BCUT2D eigenvalue weighted by molar-refractivity contribution is -0.143. The lowest BCUT2D eigenvalue weighted by Gasteiger charge is -2.04. The van der Waals surface area contributed by atoms with Crippen molar-refractivity contribution in [2.75, 3.05) is 6.61 Å². The zero-order valence-corrected chi connectivity index (χ0v) is 13.7. The molecule has 0 atom stereocenters. The fourth-order valence-electron chi connectivity index (χ4n) is 2.08. The lowest BCUT2D eigenvalue weighted by Crippen LogP contribution is -2.05. The van der Waals surface area contributed by atoms with Crippen LogP contribution in [-0.4, -0.2) is 12.6 Å². The predicted octanol–water partition coefficient (Wildman–Crippen LogP) is 5.81. The number of carbonyl (C=O) groups excluding carboxylic acids is 1. The number of unbranched alkanes of at least 4 members (excludes halogenated alkanes) is 8. The number of carbonyl (C=O) groups is 1. The zero-order valence-electron chi connectivity index (χ0n) is 13.7. The second kappa shape index (κ2) is 16.3. The molecule has 0 fully saturated rings. The molecule has 0 radical (unpaired) electrons. The highest BCUT2D eigenvalue weighted by molar-refractivity contribution is 5.69. The summed E-state index contributed by atoms with van der Waals surface area (Å²) in [6.45, 7) is 5.03. The van der Waals surface area contributed by atoms with Gasteiger partial charge in [0.1, 0.15) is 0 Å². The predicted molar refractivity (Wildman–Crippen MR) is 86.9 cm³/mol. The van der Waals surface area contributed by atoms with E-state index in [4.69, 9.17) is 4.74 Å². The molecule has 0 N–H and O–H groups in total. The van der Waals surface area contributed by atoms with Crippen LogP contribution in [0.15, 0.2) is 12.2 Å². The zero-order chi connectivity index (χ0) is 14.9. The number of allylic oxidation sites excluding steroid dienone is 2. The summed E-state index contributed by atoms with van der Waals surface area (Å²) in [6, 6.07) is 0. The first-order valence-corrected chi connectivity index (χ1v) is 8.61. The van der Waals surface area contributed by atoms with Crippen molar-refractivity contribution in [3.63, 3.8) is 0 Å². The van der Waals surface area contributed by atoms with Crippen molar-refractivity contribution in [1.29, 1.82) is 0 Å². The Hall–Kier alpha value is -0.790. The minimum absolute atomic E-state index is 0.0453. The fraction of sp³-hybridized carbons (Fsp3) is 0.833. The highest BCUT2D eigenvalue weighted by atomic mass is 16.5. The second-order valence-corrected chi connectivity index (χ2v) is 5.49. The van der Waals surface area contributed by atoms with Crippen LogP contribution in [0.2, 0.25) is 0 Å². The monoisotopic (exact) mass is 282 g/mol. The smallest absolute Gasteiger partial charge is 0.306 e. The Morgan fingerprint density at radius 1 is 0.800 bits per heavy atom. The van der Waals surface area contributed by atoms with Gasteiger partial charge in [-0.3, -0.25) is 4.79 Å². The Morgan fingerprint density at radius 2 is 1.40 bits per heavy atom. The van der Waals surface area contributed by atoms with E-state index in [2.05, 4.69) is 26.0 Å². The Morgan fingerprint density at radius 3 is 2.10 bits per heavy atom. The van der Waals surface area contributed by atoms with Crippen LogP contribution in [0.4, 0.5) is 0 Å². The van der Waals surface area contributed by atoms with E-state index in [1.165, 1.54) is 51.4 Å². The molecular formula is C18H34O2. The molecule has 0 aromatic rings. The summed E-state index contributed by atoms with van der Waals surface area (Å²) in [5.74, 6) is -0.0453. The maximum atomic E-state index is 11.4. The van der Waals surface area contributed by atoms with E-state index in [9.17, 15) is 4.79 Å². The summed E-state index contributed by atoms with van der Waals surface area (Å²) in [5.41, 5.74) is 0. The molecule has 0 aromatic carbocycles. The summed E-state index contributed by atoms with van der Waals surface area (Å²) < 4.78 is 5.22. The van der Waals surface area contributed by atoms with Gasteiger partial charge in [0.15, 0.2) is 0 Å². The first-order valence-electron chi connectivity index (χ1n) is 8.61. The number of hydrogen-bond donors (Lipinski definition) is 0. The Kier molecular flexibility index (Phi) is 15.6. The summed E-state index contributed by atoms with van der Waals surface area (Å²) in [4.78, 5) is 11.4. The number of ether oxygens (including phenoxy) is 1. The molecule has 0 amide bonds. The maximum Gasteiger partial charge on any atom is 0.306 e. The fourth-order valence-corrected chi connectivity index (χ4v) is 2.08. The van der Waals surface area contributed by atoms with Gasteiger partial charge in [0, 0.05) is 6.42 Å². The molecule has 0 rings (SSSR count). The van der Waals surface area contributed by atoms with Crippen molar-refractivity contribution in [3.05, 3.63) is 12.2 Å². The minimum atomic E-state index is -0.0453. The molecule has 0 aliphatic heterocycles. The Bertz CT molecular complexity index is 234. The average Bonchev–Trinajstić information content (AvgIpc) is 2.45. The van der Waals surface area contributed by atoms with Crippen molar-refractivity contribution >= 4 is 5.97 Å². The quantitative estimate of drug-likeness (QED) is 0.228. The van der Waals surface area contributed by atoms with Gasteiger partial charge in [-0.25, -0.2) is 0 Å². The van der Waals surface area contributed by atoms with Gasteiger partial charge < -0.3 is 4.74 Å². The van der Waals surface area contributed by atoms with E-state index in [0.717, 1.165) is 19.3 Å². The number of hydrogen-bond acceptors (Lipinski definition) is 2. The molecular weight excluding hydrogens is 248 g/mol. The van der Waals surface area contributed by atoms with Gasteiger partial charge in [0.05, 0.1) is 6.61 Å². The van der Waals surface area contributed by atoms with Crippen molar-refractivity contribution in [3.8, 4) is 0 Å². The molecule has 2 heteroatoms. The van der Waals surface area contributed by atoms with Crippen LogP contribution in [0, 0.1) is 0 Å². The van der Waals surface area contributed by atoms with Gasteiger partial charge >= 0.3 is 5.97 Å². The van der Waals surface area contributed by atoms with Gasteiger partial charge in [-0.1, -0.05) is 77.4 Å². The molecule has 0 aromatic heterocycles. The molecule has 0 unspecified atom stereocenters. The largest absolute Gasteiger partial charge is 0.466 e. The van der Waals surface area contributed by atoms with Gasteiger partial charge in [-0.2, -0.15) is 0 Å². The van der Waals surface area contributed by atoms with Gasteiger partial charge in [-0.05, 0) is 19.3 Å². The molecule has 0 spiro atoms. The number of rotatable bonds is 14. The Balaban J connectivity index is 3.22. The molecule has 2 nitrogen and oxygen atoms in total. The maximum absolute atomic E-state index is 11.4. The highest BCUT2D eigenvalue weighted by Gasteiger charge is 2.00. The van der Waals surface area contributed by atoms with Gasteiger partial charge in [0.2, 0.25) is 0 Å². The van der Waals surface area contributed by atoms with Crippen LogP contribution < -0.4 is 0 Å². The van der Waals surface area contributed by atoms with Crippen LogP contribution in [0.3, 0.4) is 0 Å². The molecule has 0 aliphatic rings. The molecule has 0 bridgehead atoms. The van der Waals surface area contributed by atoms with Crippen LogP contribution in [0.1, 0.15) is 90.9 Å². The van der Waals surface area contributed by atoms with Gasteiger partial charge in [0.25, 0.3) is 0 Å². The Labute approximate surface area is 126 Å². The average molecular weight is 282 g/mol. The first-order chi connectivity index (χ1) is 9.81. The topological polar surface area (TPSA) is 26.3 Å². The van der Waals surface area contributed by atoms with Crippen LogP contribution in [0.25, 0.3) is 0 Å². The van der Waals surface area contributed by atoms with E-state index >= 15 is 0 Å². The molecule has 0 saturated heterocycles. The highest BCUT2D eigenvalue weighted by Crippen LogP contribution is 2.07. The van der Waals surface area contributed by atoms with Crippen LogP contribution in [-0.2, 0) is 9.53 Å². The third-order valence-electron chi connectivity index (χ3n) is 3.42. The molecule has 0 heterocycles. The molecule has 118 valence electrons. The number of esters is 1. The van der Waals surface area contributed by atoms with Crippen molar-refractivity contribution in [1.82, 2.24) is 0 Å². The third-order valence-corrected chi connectivity index (χ3v) is 3.42. The van der Waals surface area contributed by atoms with Gasteiger partial charge in [-0.15, -0.1) is 0 Å². The standard InChI is InChI=1S/C18H34O2/c1-3-5-7-9-11-13-15-17-20-18(19)16-14-12-10-8-6-4-2/h10,12H,3-9,11,13-17H2,1-2H3/b12-10-. The summed E-state index contributed by atoms with van der Waals surface area (Å²) in [5, 5.41) is 0. The van der Waals surface area contributed by atoms with E-state index in [0.29, 0.717) is 13.0 Å². The normalized spacial score (nSPS) is 11.1. The van der Waals surface area contributed by atoms with Crippen molar-refractivity contribution < 1.29 is 9.53 Å². The van der Waals surface area contributed by atoms with Crippen LogP contribution >= 0.6 is 0 Å². The van der Waals surface area contributed by atoms with E-state index in [1.54, 1.807) is 0 Å². The van der Waals surface area contributed by atoms with Crippen molar-refractivity contribution in [2.45, 2.75) is 90.9 Å². The first kappa shape index (κ1) is 19.2.